The summed E-state index contributed by atoms with van der Waals surface area (Å²) in [6.45, 7) is 2.11. The van der Waals surface area contributed by atoms with Gasteiger partial charge in [-0.05, 0) is 6.92 Å². The highest BCUT2D eigenvalue weighted by atomic mass is 16.6. The van der Waals surface area contributed by atoms with Crippen LogP contribution in [0.2, 0.25) is 0 Å². The number of hydrogen-bond donors (Lipinski definition) is 2. The number of rotatable bonds is 1. The average molecular weight is 226 g/mol. The molecule has 16 heavy (non-hydrogen) atoms. The fourth-order valence-electron chi connectivity index (χ4n) is 2.48. The van der Waals surface area contributed by atoms with E-state index in [2.05, 4.69) is 4.98 Å². The van der Waals surface area contributed by atoms with Gasteiger partial charge in [-0.1, -0.05) is 0 Å². The molecule has 2 fully saturated rings. The molecule has 0 saturated carbocycles. The van der Waals surface area contributed by atoms with Gasteiger partial charge in [-0.3, -0.25) is 0 Å². The van der Waals surface area contributed by atoms with Crippen LogP contribution >= 0.6 is 0 Å². The van der Waals surface area contributed by atoms with Gasteiger partial charge in [0.2, 0.25) is 0 Å². The van der Waals surface area contributed by atoms with Gasteiger partial charge < -0.3 is 24.3 Å². The second-order valence-electron chi connectivity index (χ2n) is 4.32. The summed E-state index contributed by atoms with van der Waals surface area (Å²) in [5, 5.41) is 20.2. The first-order chi connectivity index (χ1) is 7.63. The highest BCUT2D eigenvalue weighted by molar-refractivity contribution is 5.06. The standard InChI is InChI=1S/C10H14N2O4/c1-6-11-2-3-12(6)10(14)5-16-8-7(13)4-15-9(8)10/h2-3,7-9,13-14H,4-5H2,1H3/t7-,8-,9+,10-/m1/s1. The monoisotopic (exact) mass is 226 g/mol. The Morgan fingerprint density at radius 2 is 2.38 bits per heavy atom. The minimum Gasteiger partial charge on any atom is -0.388 e. The smallest absolute Gasteiger partial charge is 0.196 e. The Balaban J connectivity index is 1.98. The van der Waals surface area contributed by atoms with Crippen LogP contribution in [-0.2, 0) is 15.2 Å². The summed E-state index contributed by atoms with van der Waals surface area (Å²) in [5.74, 6) is 0.691. The van der Waals surface area contributed by atoms with E-state index in [4.69, 9.17) is 9.47 Å². The molecular formula is C10H14N2O4. The van der Waals surface area contributed by atoms with Crippen molar-refractivity contribution in [3.63, 3.8) is 0 Å². The lowest BCUT2D eigenvalue weighted by atomic mass is 10.0. The summed E-state index contributed by atoms with van der Waals surface area (Å²) in [7, 11) is 0. The molecule has 6 heteroatoms. The second kappa shape index (κ2) is 3.27. The van der Waals surface area contributed by atoms with Crippen molar-refractivity contribution in [3.05, 3.63) is 18.2 Å². The maximum absolute atomic E-state index is 10.6. The first-order valence-corrected chi connectivity index (χ1v) is 5.27. The molecule has 0 unspecified atom stereocenters. The summed E-state index contributed by atoms with van der Waals surface area (Å²) >= 11 is 0. The summed E-state index contributed by atoms with van der Waals surface area (Å²) in [6.07, 6.45) is 1.66. The van der Waals surface area contributed by atoms with Crippen molar-refractivity contribution in [2.24, 2.45) is 0 Å². The van der Waals surface area contributed by atoms with Crippen LogP contribution < -0.4 is 0 Å². The molecule has 2 aliphatic heterocycles. The lowest BCUT2D eigenvalue weighted by Gasteiger charge is -2.29. The van der Waals surface area contributed by atoms with Crippen molar-refractivity contribution in [1.82, 2.24) is 9.55 Å². The fourth-order valence-corrected chi connectivity index (χ4v) is 2.48. The third kappa shape index (κ3) is 1.18. The van der Waals surface area contributed by atoms with Crippen LogP contribution in [0.4, 0.5) is 0 Å². The molecule has 0 amide bonds. The molecular weight excluding hydrogens is 212 g/mol. The SMILES string of the molecule is Cc1nccn1[C@@]1(O)CO[C@@H]2[C@H](O)CO[C@@H]21. The molecule has 0 radical (unpaired) electrons. The molecule has 88 valence electrons. The van der Waals surface area contributed by atoms with Gasteiger partial charge in [-0.15, -0.1) is 0 Å². The van der Waals surface area contributed by atoms with Crippen molar-refractivity contribution in [2.75, 3.05) is 13.2 Å². The number of aromatic nitrogens is 2. The molecule has 0 aromatic carbocycles. The molecule has 3 rings (SSSR count). The molecule has 2 saturated heterocycles. The van der Waals surface area contributed by atoms with Crippen LogP contribution in [-0.4, -0.2) is 51.3 Å². The molecule has 2 N–H and O–H groups in total. The lowest BCUT2D eigenvalue weighted by Crippen LogP contribution is -2.46. The molecule has 0 aliphatic carbocycles. The molecule has 0 bridgehead atoms. The van der Waals surface area contributed by atoms with Crippen molar-refractivity contribution < 1.29 is 19.7 Å². The lowest BCUT2D eigenvalue weighted by molar-refractivity contribution is -0.125. The zero-order chi connectivity index (χ0) is 11.3. The Morgan fingerprint density at radius 3 is 3.06 bits per heavy atom. The Bertz CT molecular complexity index is 407. The van der Waals surface area contributed by atoms with Crippen molar-refractivity contribution >= 4 is 0 Å². The van der Waals surface area contributed by atoms with Crippen LogP contribution in [0, 0.1) is 6.92 Å². The Labute approximate surface area is 92.4 Å². The molecule has 1 aromatic heterocycles. The number of aliphatic hydroxyl groups is 2. The minimum absolute atomic E-state index is 0.108. The number of ether oxygens (including phenoxy) is 2. The largest absolute Gasteiger partial charge is 0.388 e. The minimum atomic E-state index is -1.26. The van der Waals surface area contributed by atoms with Gasteiger partial charge in [0, 0.05) is 12.4 Å². The van der Waals surface area contributed by atoms with Gasteiger partial charge in [-0.25, -0.2) is 4.98 Å². The Kier molecular flexibility index (Phi) is 2.09. The number of fused-ring (bicyclic) bond motifs is 1. The van der Waals surface area contributed by atoms with E-state index in [9.17, 15) is 10.2 Å². The predicted octanol–water partition coefficient (Wildman–Crippen LogP) is -1.00. The van der Waals surface area contributed by atoms with Crippen molar-refractivity contribution in [3.8, 4) is 0 Å². The fraction of sp³-hybridized carbons (Fsp3) is 0.700. The van der Waals surface area contributed by atoms with Crippen LogP contribution in [0.3, 0.4) is 0 Å². The van der Waals surface area contributed by atoms with Gasteiger partial charge in [0.15, 0.2) is 5.72 Å². The van der Waals surface area contributed by atoms with E-state index in [0.29, 0.717) is 5.82 Å². The highest BCUT2D eigenvalue weighted by Gasteiger charge is 2.57. The molecule has 2 aliphatic rings. The van der Waals surface area contributed by atoms with E-state index in [1.807, 2.05) is 0 Å². The zero-order valence-corrected chi connectivity index (χ0v) is 8.91. The molecule has 6 nitrogen and oxygen atoms in total. The molecule has 4 atom stereocenters. The van der Waals surface area contributed by atoms with Gasteiger partial charge in [0.05, 0.1) is 13.2 Å². The van der Waals surface area contributed by atoms with E-state index in [1.165, 1.54) is 0 Å². The van der Waals surface area contributed by atoms with E-state index in [0.717, 1.165) is 0 Å². The van der Waals surface area contributed by atoms with E-state index < -0.39 is 24.0 Å². The number of hydrogen-bond acceptors (Lipinski definition) is 5. The summed E-state index contributed by atoms with van der Waals surface area (Å²) in [5.41, 5.74) is -1.26. The quantitative estimate of drug-likeness (QED) is 0.642. The van der Waals surface area contributed by atoms with Crippen LogP contribution in [0.15, 0.2) is 12.4 Å². The first kappa shape index (κ1) is 10.2. The van der Waals surface area contributed by atoms with E-state index in [1.54, 1.807) is 23.9 Å². The first-order valence-electron chi connectivity index (χ1n) is 5.27. The number of nitrogens with zero attached hydrogens (tertiary/aromatic N) is 2. The summed E-state index contributed by atoms with van der Waals surface area (Å²) in [4.78, 5) is 4.07. The topological polar surface area (TPSA) is 76.7 Å². The molecule has 3 heterocycles. The Hall–Kier alpha value is -0.950. The maximum Gasteiger partial charge on any atom is 0.196 e. The highest BCUT2D eigenvalue weighted by Crippen LogP contribution is 2.37. The number of aliphatic hydroxyl groups excluding tert-OH is 1. The number of imidazole rings is 1. The normalized spacial score (nSPS) is 42.6. The zero-order valence-electron chi connectivity index (χ0n) is 8.91. The van der Waals surface area contributed by atoms with Crippen LogP contribution in [0.1, 0.15) is 5.82 Å². The van der Waals surface area contributed by atoms with Gasteiger partial charge in [0.25, 0.3) is 0 Å². The Morgan fingerprint density at radius 1 is 1.56 bits per heavy atom. The van der Waals surface area contributed by atoms with E-state index >= 15 is 0 Å². The van der Waals surface area contributed by atoms with Crippen molar-refractivity contribution in [1.29, 1.82) is 0 Å². The molecule has 0 spiro atoms. The second-order valence-corrected chi connectivity index (χ2v) is 4.32. The van der Waals surface area contributed by atoms with Gasteiger partial charge in [-0.2, -0.15) is 0 Å². The van der Waals surface area contributed by atoms with E-state index in [-0.39, 0.29) is 13.2 Å². The van der Waals surface area contributed by atoms with Crippen LogP contribution in [0.5, 0.6) is 0 Å². The number of aryl methyl sites for hydroxylation is 1. The van der Waals surface area contributed by atoms with Crippen molar-refractivity contribution in [2.45, 2.75) is 31.0 Å². The summed E-state index contributed by atoms with van der Waals surface area (Å²) in [6, 6.07) is 0. The third-order valence-electron chi connectivity index (χ3n) is 3.31. The predicted molar refractivity (Wildman–Crippen MR) is 52.6 cm³/mol. The third-order valence-corrected chi connectivity index (χ3v) is 3.31. The summed E-state index contributed by atoms with van der Waals surface area (Å²) < 4.78 is 12.5. The van der Waals surface area contributed by atoms with Crippen LogP contribution in [0.25, 0.3) is 0 Å². The van der Waals surface area contributed by atoms with Gasteiger partial charge >= 0.3 is 0 Å². The van der Waals surface area contributed by atoms with Gasteiger partial charge in [0.1, 0.15) is 24.1 Å². The average Bonchev–Trinajstić information content (AvgIpc) is 2.89. The molecule has 1 aromatic rings. The maximum atomic E-state index is 10.6.